The molecule has 0 aliphatic heterocycles. The molecule has 0 saturated heterocycles. The van der Waals surface area contributed by atoms with Crippen LogP contribution in [0.25, 0.3) is 22.2 Å². The zero-order valence-electron chi connectivity index (χ0n) is 21.3. The molecular weight excluding hydrogens is 468 g/mol. The lowest BCUT2D eigenvalue weighted by atomic mass is 9.92. The van der Waals surface area contributed by atoms with Gasteiger partial charge in [-0.3, -0.25) is 0 Å². The molecule has 0 N–H and O–H groups in total. The zero-order valence-corrected chi connectivity index (χ0v) is 21.3. The van der Waals surface area contributed by atoms with Crippen LogP contribution in [0.1, 0.15) is 61.7 Å². The molecule has 0 fully saturated rings. The highest BCUT2D eigenvalue weighted by Gasteiger charge is 2.34. The number of aryl methyl sites for hydroxylation is 2. The number of benzene rings is 2. The quantitative estimate of drug-likeness (QED) is 0.258. The molecule has 0 amide bonds. The van der Waals surface area contributed by atoms with E-state index in [4.69, 9.17) is 9.72 Å². The highest BCUT2D eigenvalue weighted by atomic mass is 19.4. The first-order valence-corrected chi connectivity index (χ1v) is 11.8. The molecule has 4 rings (SSSR count). The summed E-state index contributed by atoms with van der Waals surface area (Å²) in [6.07, 6.45) is -3.19. The molecule has 3 nitrogen and oxygen atoms in total. The van der Waals surface area contributed by atoms with Crippen LogP contribution in [0.4, 0.5) is 17.6 Å². The fourth-order valence-electron chi connectivity index (χ4n) is 4.66. The minimum atomic E-state index is -4.76. The fraction of sp³-hybridized carbons (Fsp3) is 0.345. The maximum Gasteiger partial charge on any atom is 0.419 e. The molecule has 0 aliphatic carbocycles. The van der Waals surface area contributed by atoms with Crippen molar-refractivity contribution in [3.05, 3.63) is 88.5 Å². The maximum absolute atomic E-state index is 13.8. The van der Waals surface area contributed by atoms with Crippen LogP contribution in [0.5, 0.6) is 0 Å². The normalized spacial score (nSPS) is 13.4. The van der Waals surface area contributed by atoms with E-state index in [1.807, 2.05) is 65.9 Å². The number of rotatable bonds is 5. The molecule has 1 unspecified atom stereocenters. The first kappa shape index (κ1) is 25.9. The summed E-state index contributed by atoms with van der Waals surface area (Å²) < 4.78 is 61.7. The standard InChI is InChI=1S/C29H30F4N2O/c1-17-7-10-21(11-8-17)26-22-13-14-35(16-20-9-12-24(30)23(15-20)29(31,32)33)27(22)34-18(2)25(26)19(3)36-28(4,5)6/h7-15,19H,16H2,1-6H3. The van der Waals surface area contributed by atoms with Crippen molar-refractivity contribution >= 4 is 11.0 Å². The number of hydrogen-bond donors (Lipinski definition) is 0. The summed E-state index contributed by atoms with van der Waals surface area (Å²) in [6.45, 7) is 12.1. The molecular formula is C29H30F4N2O. The van der Waals surface area contributed by atoms with E-state index in [9.17, 15) is 17.6 Å². The summed E-state index contributed by atoms with van der Waals surface area (Å²) in [7, 11) is 0. The lowest BCUT2D eigenvalue weighted by molar-refractivity contribution is -0.140. The third-order valence-corrected chi connectivity index (χ3v) is 6.10. The van der Waals surface area contributed by atoms with Gasteiger partial charge in [-0.25, -0.2) is 9.37 Å². The molecule has 2 aromatic carbocycles. The average molecular weight is 499 g/mol. The number of fused-ring (bicyclic) bond motifs is 1. The maximum atomic E-state index is 13.8. The van der Waals surface area contributed by atoms with Crippen LogP contribution in [0.3, 0.4) is 0 Å². The Morgan fingerprint density at radius 1 is 0.972 bits per heavy atom. The van der Waals surface area contributed by atoms with Crippen LogP contribution in [0.15, 0.2) is 54.7 Å². The van der Waals surface area contributed by atoms with E-state index >= 15 is 0 Å². The van der Waals surface area contributed by atoms with Gasteiger partial charge >= 0.3 is 6.18 Å². The largest absolute Gasteiger partial charge is 0.419 e. The molecule has 0 bridgehead atoms. The summed E-state index contributed by atoms with van der Waals surface area (Å²) in [5.41, 5.74) is 4.24. The van der Waals surface area contributed by atoms with E-state index in [1.165, 1.54) is 6.07 Å². The lowest BCUT2D eigenvalue weighted by Gasteiger charge is -2.28. The SMILES string of the molecule is Cc1ccc(-c2c(C(C)OC(C)(C)C)c(C)nc3c2ccn3Cc2ccc(F)c(C(F)(F)F)c2)cc1. The Labute approximate surface area is 208 Å². The van der Waals surface area contributed by atoms with E-state index in [-0.39, 0.29) is 18.2 Å². The molecule has 0 spiro atoms. The molecule has 190 valence electrons. The van der Waals surface area contributed by atoms with Crippen molar-refractivity contribution < 1.29 is 22.3 Å². The molecule has 4 aromatic rings. The van der Waals surface area contributed by atoms with Crippen molar-refractivity contribution in [2.24, 2.45) is 0 Å². The Balaban J connectivity index is 1.88. The van der Waals surface area contributed by atoms with Crippen molar-refractivity contribution in [1.29, 1.82) is 0 Å². The van der Waals surface area contributed by atoms with Crippen molar-refractivity contribution in [2.45, 2.75) is 66.0 Å². The summed E-state index contributed by atoms with van der Waals surface area (Å²) in [4.78, 5) is 4.86. The third kappa shape index (κ3) is 5.31. The van der Waals surface area contributed by atoms with Gasteiger partial charge < -0.3 is 9.30 Å². The molecule has 7 heteroatoms. The Bertz CT molecular complexity index is 1400. The summed E-state index contributed by atoms with van der Waals surface area (Å²) in [6, 6.07) is 13.2. The topological polar surface area (TPSA) is 27.1 Å². The number of aromatic nitrogens is 2. The van der Waals surface area contributed by atoms with Crippen molar-refractivity contribution in [3.63, 3.8) is 0 Å². The van der Waals surface area contributed by atoms with Crippen LogP contribution >= 0.6 is 0 Å². The first-order valence-electron chi connectivity index (χ1n) is 11.8. The second kappa shape index (κ2) is 9.36. The Kier molecular flexibility index (Phi) is 6.73. The predicted molar refractivity (Wildman–Crippen MR) is 134 cm³/mol. The first-order chi connectivity index (χ1) is 16.7. The average Bonchev–Trinajstić information content (AvgIpc) is 3.14. The van der Waals surface area contributed by atoms with Gasteiger partial charge in [-0.15, -0.1) is 0 Å². The Morgan fingerprint density at radius 2 is 1.64 bits per heavy atom. The predicted octanol–water partition coefficient (Wildman–Crippen LogP) is 8.40. The highest BCUT2D eigenvalue weighted by Crippen LogP contribution is 2.39. The van der Waals surface area contributed by atoms with E-state index < -0.39 is 17.6 Å². The lowest BCUT2D eigenvalue weighted by Crippen LogP contribution is -2.22. The minimum absolute atomic E-state index is 0.125. The van der Waals surface area contributed by atoms with E-state index in [2.05, 4.69) is 12.1 Å². The number of hydrogen-bond acceptors (Lipinski definition) is 2. The van der Waals surface area contributed by atoms with Gasteiger partial charge in [-0.05, 0) is 70.9 Å². The van der Waals surface area contributed by atoms with Crippen LogP contribution in [-0.4, -0.2) is 15.2 Å². The minimum Gasteiger partial charge on any atom is -0.368 e. The van der Waals surface area contributed by atoms with Gasteiger partial charge in [0.1, 0.15) is 11.5 Å². The fourth-order valence-corrected chi connectivity index (χ4v) is 4.66. The molecule has 0 aliphatic rings. The van der Waals surface area contributed by atoms with Crippen LogP contribution < -0.4 is 0 Å². The monoisotopic (exact) mass is 498 g/mol. The van der Waals surface area contributed by atoms with Crippen molar-refractivity contribution in [2.75, 3.05) is 0 Å². The summed E-state index contributed by atoms with van der Waals surface area (Å²) in [5, 5.41) is 0.877. The van der Waals surface area contributed by atoms with Crippen LogP contribution in [0, 0.1) is 19.7 Å². The Hall–Kier alpha value is -3.19. The van der Waals surface area contributed by atoms with Gasteiger partial charge in [0.2, 0.25) is 0 Å². The van der Waals surface area contributed by atoms with Gasteiger partial charge in [0.15, 0.2) is 0 Å². The molecule has 0 radical (unpaired) electrons. The smallest absolute Gasteiger partial charge is 0.368 e. The Morgan fingerprint density at radius 3 is 2.25 bits per heavy atom. The number of alkyl halides is 3. The molecule has 0 saturated carbocycles. The highest BCUT2D eigenvalue weighted by molar-refractivity contribution is 5.96. The van der Waals surface area contributed by atoms with E-state index in [0.29, 0.717) is 11.2 Å². The van der Waals surface area contributed by atoms with Crippen LogP contribution in [-0.2, 0) is 17.5 Å². The van der Waals surface area contributed by atoms with Crippen LogP contribution in [0.2, 0.25) is 0 Å². The summed E-state index contributed by atoms with van der Waals surface area (Å²) >= 11 is 0. The van der Waals surface area contributed by atoms with E-state index in [1.54, 1.807) is 4.57 Å². The van der Waals surface area contributed by atoms with Gasteiger partial charge in [-0.1, -0.05) is 35.9 Å². The molecule has 2 heterocycles. The number of halogens is 4. The zero-order chi connectivity index (χ0) is 26.4. The van der Waals surface area contributed by atoms with Gasteiger partial charge in [0, 0.05) is 34.9 Å². The number of ether oxygens (including phenoxy) is 1. The number of pyridine rings is 1. The molecule has 2 aromatic heterocycles. The van der Waals surface area contributed by atoms with Crippen molar-refractivity contribution in [1.82, 2.24) is 9.55 Å². The van der Waals surface area contributed by atoms with Gasteiger partial charge in [-0.2, -0.15) is 13.2 Å². The summed E-state index contributed by atoms with van der Waals surface area (Å²) in [5.74, 6) is -1.28. The van der Waals surface area contributed by atoms with Gasteiger partial charge in [0.05, 0.1) is 17.3 Å². The second-order valence-electron chi connectivity index (χ2n) is 10.2. The van der Waals surface area contributed by atoms with Crippen molar-refractivity contribution in [3.8, 4) is 11.1 Å². The third-order valence-electron chi connectivity index (χ3n) is 6.10. The molecule has 1 atom stereocenters. The number of nitrogens with zero attached hydrogens (tertiary/aromatic N) is 2. The van der Waals surface area contributed by atoms with E-state index in [0.717, 1.165) is 45.5 Å². The molecule has 36 heavy (non-hydrogen) atoms. The second-order valence-corrected chi connectivity index (χ2v) is 10.2. The van der Waals surface area contributed by atoms with Gasteiger partial charge in [0.25, 0.3) is 0 Å².